The van der Waals surface area contributed by atoms with Gasteiger partial charge >= 0.3 is 0 Å². The number of hydrogen-bond acceptors (Lipinski definition) is 4. The predicted octanol–water partition coefficient (Wildman–Crippen LogP) is 4.82. The molecule has 3 aromatic rings. The molecule has 0 radical (unpaired) electrons. The zero-order chi connectivity index (χ0) is 22.6. The van der Waals surface area contributed by atoms with Crippen molar-refractivity contribution < 1.29 is 17.9 Å². The first-order valence-electron chi connectivity index (χ1n) is 9.89. The van der Waals surface area contributed by atoms with Gasteiger partial charge < -0.3 is 10.1 Å². The third-order valence-corrected chi connectivity index (χ3v) is 6.30. The summed E-state index contributed by atoms with van der Waals surface area (Å²) in [7, 11) is -3.84. The monoisotopic (exact) mass is 438 g/mol. The largest absolute Gasteiger partial charge is 0.481 e. The molecular weight excluding hydrogens is 412 g/mol. The lowest BCUT2D eigenvalue weighted by Crippen LogP contribution is -2.30. The van der Waals surface area contributed by atoms with E-state index in [1.54, 1.807) is 44.2 Å². The Kier molecular flexibility index (Phi) is 6.65. The summed E-state index contributed by atoms with van der Waals surface area (Å²) in [4.78, 5) is 12.6. The molecule has 2 N–H and O–H groups in total. The number of amides is 1. The second-order valence-corrected chi connectivity index (χ2v) is 9.12. The van der Waals surface area contributed by atoms with Crippen LogP contribution in [0.15, 0.2) is 71.6 Å². The first kappa shape index (κ1) is 22.4. The Bertz CT molecular complexity index is 1190. The molecule has 0 fully saturated rings. The highest BCUT2D eigenvalue weighted by atomic mass is 32.2. The number of aryl methyl sites for hydroxylation is 3. The number of rotatable bonds is 7. The predicted molar refractivity (Wildman–Crippen MR) is 123 cm³/mol. The van der Waals surface area contributed by atoms with Crippen molar-refractivity contribution >= 4 is 27.3 Å². The van der Waals surface area contributed by atoms with Crippen LogP contribution in [0.3, 0.4) is 0 Å². The van der Waals surface area contributed by atoms with Gasteiger partial charge in [-0.25, -0.2) is 8.42 Å². The smallest absolute Gasteiger partial charge is 0.265 e. The lowest BCUT2D eigenvalue weighted by Gasteiger charge is -2.16. The normalized spacial score (nSPS) is 12.1. The molecule has 1 amide bonds. The van der Waals surface area contributed by atoms with Crippen molar-refractivity contribution in [2.45, 2.75) is 38.7 Å². The molecule has 3 aromatic carbocycles. The Hall–Kier alpha value is -3.32. The summed E-state index contributed by atoms with van der Waals surface area (Å²) in [5, 5.41) is 2.73. The molecule has 7 heteroatoms. The molecule has 31 heavy (non-hydrogen) atoms. The number of ether oxygens (including phenoxy) is 1. The van der Waals surface area contributed by atoms with Gasteiger partial charge in [0.05, 0.1) is 10.6 Å². The minimum atomic E-state index is -3.84. The van der Waals surface area contributed by atoms with E-state index in [2.05, 4.69) is 10.0 Å². The molecule has 0 bridgehead atoms. The van der Waals surface area contributed by atoms with E-state index in [0.29, 0.717) is 22.7 Å². The molecule has 0 saturated carbocycles. The standard InChI is InChI=1S/C24H26N2O4S/c1-16-10-13-22(18(3)14-16)26-31(28,29)23-15-20(12-11-17(23)2)25-24(27)19(4)30-21-8-6-5-7-9-21/h5-15,19,26H,1-4H3,(H,25,27)/t19-/m1/s1. The van der Waals surface area contributed by atoms with Crippen LogP contribution in [0.1, 0.15) is 23.6 Å². The highest BCUT2D eigenvalue weighted by molar-refractivity contribution is 7.92. The summed E-state index contributed by atoms with van der Waals surface area (Å²) < 4.78 is 34.3. The third kappa shape index (κ3) is 5.64. The number of sulfonamides is 1. The van der Waals surface area contributed by atoms with Gasteiger partial charge in [-0.2, -0.15) is 0 Å². The molecule has 0 aromatic heterocycles. The molecule has 162 valence electrons. The van der Waals surface area contributed by atoms with Crippen LogP contribution in [-0.2, 0) is 14.8 Å². The highest BCUT2D eigenvalue weighted by Gasteiger charge is 2.20. The lowest BCUT2D eigenvalue weighted by atomic mass is 10.1. The van der Waals surface area contributed by atoms with Crippen molar-refractivity contribution in [3.05, 3.63) is 83.4 Å². The van der Waals surface area contributed by atoms with Crippen LogP contribution in [0, 0.1) is 20.8 Å². The summed E-state index contributed by atoms with van der Waals surface area (Å²) in [6.45, 7) is 7.14. The van der Waals surface area contributed by atoms with E-state index in [9.17, 15) is 13.2 Å². The first-order chi connectivity index (χ1) is 14.7. The van der Waals surface area contributed by atoms with E-state index in [4.69, 9.17) is 4.74 Å². The van der Waals surface area contributed by atoms with Gasteiger partial charge in [0.2, 0.25) is 0 Å². The molecule has 0 aliphatic carbocycles. The highest BCUT2D eigenvalue weighted by Crippen LogP contribution is 2.25. The molecule has 0 saturated heterocycles. The second kappa shape index (κ2) is 9.22. The molecule has 0 heterocycles. The second-order valence-electron chi connectivity index (χ2n) is 7.47. The van der Waals surface area contributed by atoms with Crippen LogP contribution in [0.5, 0.6) is 5.75 Å². The van der Waals surface area contributed by atoms with Crippen LogP contribution in [0.25, 0.3) is 0 Å². The van der Waals surface area contributed by atoms with Crippen LogP contribution < -0.4 is 14.8 Å². The zero-order valence-electron chi connectivity index (χ0n) is 18.0. The van der Waals surface area contributed by atoms with Gasteiger partial charge in [-0.1, -0.05) is 42.0 Å². The third-order valence-electron chi connectivity index (χ3n) is 4.80. The minimum Gasteiger partial charge on any atom is -0.481 e. The Morgan fingerprint density at radius 2 is 1.61 bits per heavy atom. The van der Waals surface area contributed by atoms with E-state index in [1.165, 1.54) is 6.07 Å². The summed E-state index contributed by atoms with van der Waals surface area (Å²) >= 11 is 0. The summed E-state index contributed by atoms with van der Waals surface area (Å²) in [5.41, 5.74) is 3.35. The molecule has 6 nitrogen and oxygen atoms in total. The molecule has 0 unspecified atom stereocenters. The lowest BCUT2D eigenvalue weighted by molar-refractivity contribution is -0.122. The van der Waals surface area contributed by atoms with Crippen LogP contribution in [0.2, 0.25) is 0 Å². The first-order valence-corrected chi connectivity index (χ1v) is 11.4. The van der Waals surface area contributed by atoms with Crippen molar-refractivity contribution in [2.24, 2.45) is 0 Å². The van der Waals surface area contributed by atoms with Crippen LogP contribution in [-0.4, -0.2) is 20.4 Å². The molecule has 0 spiro atoms. The van der Waals surface area contributed by atoms with E-state index in [1.807, 2.05) is 44.2 Å². The fourth-order valence-electron chi connectivity index (χ4n) is 3.10. The Morgan fingerprint density at radius 1 is 0.903 bits per heavy atom. The number of nitrogens with one attached hydrogen (secondary N) is 2. The topological polar surface area (TPSA) is 84.5 Å². The fourth-order valence-corrected chi connectivity index (χ4v) is 4.50. The van der Waals surface area contributed by atoms with Crippen molar-refractivity contribution in [1.82, 2.24) is 0 Å². The van der Waals surface area contributed by atoms with Gasteiger partial charge in [0, 0.05) is 5.69 Å². The summed E-state index contributed by atoms with van der Waals surface area (Å²) in [5.74, 6) is 0.202. The number of carbonyl (C=O) groups excluding carboxylic acids is 1. The zero-order valence-corrected chi connectivity index (χ0v) is 18.8. The fraction of sp³-hybridized carbons (Fsp3) is 0.208. The summed E-state index contributed by atoms with van der Waals surface area (Å²) in [6, 6.07) is 19.3. The Labute approximate surface area is 183 Å². The van der Waals surface area contributed by atoms with Crippen molar-refractivity contribution in [2.75, 3.05) is 10.0 Å². The van der Waals surface area contributed by atoms with Crippen molar-refractivity contribution in [3.8, 4) is 5.75 Å². The van der Waals surface area contributed by atoms with Gasteiger partial charge in [0.15, 0.2) is 6.10 Å². The van der Waals surface area contributed by atoms with Crippen molar-refractivity contribution in [3.63, 3.8) is 0 Å². The average molecular weight is 439 g/mol. The number of carbonyl (C=O) groups is 1. The Morgan fingerprint density at radius 3 is 2.29 bits per heavy atom. The summed E-state index contributed by atoms with van der Waals surface area (Å²) in [6.07, 6.45) is -0.753. The molecule has 3 rings (SSSR count). The quantitative estimate of drug-likeness (QED) is 0.554. The van der Waals surface area contributed by atoms with E-state index in [-0.39, 0.29) is 10.8 Å². The maximum absolute atomic E-state index is 13.0. The van der Waals surface area contributed by atoms with Gasteiger partial charge in [-0.15, -0.1) is 0 Å². The molecule has 1 atom stereocenters. The van der Waals surface area contributed by atoms with Gasteiger partial charge in [0.25, 0.3) is 15.9 Å². The van der Waals surface area contributed by atoms with Gasteiger partial charge in [-0.05, 0) is 69.2 Å². The molecular formula is C24H26N2O4S. The maximum Gasteiger partial charge on any atom is 0.265 e. The Balaban J connectivity index is 1.78. The van der Waals surface area contributed by atoms with Crippen molar-refractivity contribution in [1.29, 1.82) is 0 Å². The van der Waals surface area contributed by atoms with E-state index in [0.717, 1.165) is 11.1 Å². The van der Waals surface area contributed by atoms with Gasteiger partial charge in [-0.3, -0.25) is 9.52 Å². The van der Waals surface area contributed by atoms with Crippen LogP contribution >= 0.6 is 0 Å². The van der Waals surface area contributed by atoms with E-state index >= 15 is 0 Å². The molecule has 0 aliphatic rings. The maximum atomic E-state index is 13.0. The van der Waals surface area contributed by atoms with E-state index < -0.39 is 16.1 Å². The van der Waals surface area contributed by atoms with Crippen LogP contribution in [0.4, 0.5) is 11.4 Å². The SMILES string of the molecule is Cc1ccc(NS(=O)(=O)c2cc(NC(=O)[C@@H](C)Oc3ccccc3)ccc2C)c(C)c1. The average Bonchev–Trinajstić information content (AvgIpc) is 2.72. The molecule has 0 aliphatic heterocycles. The number of para-hydroxylation sites is 1. The van der Waals surface area contributed by atoms with Gasteiger partial charge in [0.1, 0.15) is 5.75 Å². The number of anilines is 2. The number of hydrogen-bond donors (Lipinski definition) is 2. The number of benzene rings is 3. The minimum absolute atomic E-state index is 0.0990.